The van der Waals surface area contributed by atoms with Crippen LogP contribution in [0.4, 0.5) is 0 Å². The van der Waals surface area contributed by atoms with Crippen molar-refractivity contribution in [1.29, 1.82) is 0 Å². The summed E-state index contributed by atoms with van der Waals surface area (Å²) in [5.74, 6) is 0. The average molecular weight is 144 g/mol. The fraction of sp³-hybridized carbons (Fsp3) is 0. The molecule has 0 N–H and O–H groups in total. The van der Waals surface area contributed by atoms with Crippen LogP contribution in [0, 0.1) is 10.1 Å². The molecule has 0 amide bonds. The maximum atomic E-state index is 8.00. The Morgan fingerprint density at radius 3 is 1.60 bits per heavy atom. The Labute approximate surface area is 81.8 Å². The predicted octanol–water partition coefficient (Wildman–Crippen LogP) is -2.75. The van der Waals surface area contributed by atoms with Gasteiger partial charge in [-0.3, -0.25) is 0 Å². The average Bonchev–Trinajstić information content (AvgIpc) is 0.918. The van der Waals surface area contributed by atoms with E-state index in [1.165, 1.54) is 0 Å². The molecule has 0 bridgehead atoms. The minimum absolute atomic E-state index is 0. The third kappa shape index (κ3) is 29.4. The van der Waals surface area contributed by atoms with E-state index in [1.54, 1.807) is 0 Å². The molecule has 0 saturated carbocycles. The number of hydrogen-bond acceptors (Lipinski definition) is 3. The van der Waals surface area contributed by atoms with Gasteiger partial charge in [-0.15, -0.1) is 5.34 Å². The standard InChI is InChI=1S/K.HNO2.Ni/c;2-1-3;/h;(H,2,3);/q+1;;/p-1. The van der Waals surface area contributed by atoms with Gasteiger partial charge in [-0.2, -0.15) is 0 Å². The first kappa shape index (κ1) is 16.0. The normalized spacial score (nSPS) is 2.40. The molecule has 0 rings (SSSR count). The van der Waals surface area contributed by atoms with E-state index in [0.717, 1.165) is 5.34 Å². The van der Waals surface area contributed by atoms with Crippen molar-refractivity contribution in [2.45, 2.75) is 0 Å². The van der Waals surface area contributed by atoms with Crippen molar-refractivity contribution in [3.05, 3.63) is 10.1 Å². The van der Waals surface area contributed by atoms with Crippen molar-refractivity contribution in [2.75, 3.05) is 0 Å². The van der Waals surface area contributed by atoms with Gasteiger partial charge in [0.15, 0.2) is 0 Å². The Balaban J connectivity index is -0.0000000200. The first-order chi connectivity index (χ1) is 1.41. The summed E-state index contributed by atoms with van der Waals surface area (Å²) >= 11 is 0. The molecule has 0 spiro atoms. The van der Waals surface area contributed by atoms with Crippen LogP contribution < -0.4 is 51.4 Å². The van der Waals surface area contributed by atoms with Gasteiger partial charge in [0.2, 0.25) is 0 Å². The largest absolute Gasteiger partial charge is 1.00 e. The summed E-state index contributed by atoms with van der Waals surface area (Å²) in [7, 11) is 0. The summed E-state index contributed by atoms with van der Waals surface area (Å²) in [5.41, 5.74) is 0. The van der Waals surface area contributed by atoms with Crippen LogP contribution in [0.2, 0.25) is 0 Å². The molecule has 0 aliphatic heterocycles. The van der Waals surface area contributed by atoms with Crippen LogP contribution in [0.3, 0.4) is 0 Å². The summed E-state index contributed by atoms with van der Waals surface area (Å²) in [6.07, 6.45) is 0. The van der Waals surface area contributed by atoms with Crippen molar-refractivity contribution in [1.82, 2.24) is 0 Å². The van der Waals surface area contributed by atoms with Crippen LogP contribution in [-0.2, 0) is 16.5 Å². The molecule has 5 heavy (non-hydrogen) atoms. The number of hydrogen-bond donors (Lipinski definition) is 0. The molecular formula is KNNiO2. The minimum atomic E-state index is 0. The van der Waals surface area contributed by atoms with E-state index in [4.69, 9.17) is 10.1 Å². The molecule has 28 valence electrons. The smallest absolute Gasteiger partial charge is 0.444 e. The Hall–Kier alpha value is 1.53. The third-order valence-electron chi connectivity index (χ3n) is 0. The minimum Gasteiger partial charge on any atom is -0.444 e. The summed E-state index contributed by atoms with van der Waals surface area (Å²) in [6.45, 7) is 0. The van der Waals surface area contributed by atoms with E-state index in [-0.39, 0.29) is 67.9 Å². The molecule has 0 aromatic rings. The van der Waals surface area contributed by atoms with Gasteiger partial charge in [-0.05, 0) is 0 Å². The second-order valence-corrected chi connectivity index (χ2v) is 0.0745. The molecule has 0 aromatic carbocycles. The van der Waals surface area contributed by atoms with Crippen molar-refractivity contribution in [3.63, 3.8) is 0 Å². The van der Waals surface area contributed by atoms with Crippen molar-refractivity contribution in [3.8, 4) is 0 Å². The predicted molar refractivity (Wildman–Crippen MR) is 9.16 cm³/mol. The fourth-order valence-electron chi connectivity index (χ4n) is 0. The zero-order valence-corrected chi connectivity index (χ0v) is 6.69. The summed E-state index contributed by atoms with van der Waals surface area (Å²) in [4.78, 5) is 8.00. The summed E-state index contributed by atoms with van der Waals surface area (Å²) < 4.78 is 0. The van der Waals surface area contributed by atoms with Gasteiger partial charge in [0.1, 0.15) is 0 Å². The van der Waals surface area contributed by atoms with Gasteiger partial charge < -0.3 is 10.1 Å². The van der Waals surface area contributed by atoms with Crippen molar-refractivity contribution >= 4 is 0 Å². The topological polar surface area (TPSA) is 52.5 Å². The fourth-order valence-corrected chi connectivity index (χ4v) is 0. The second kappa shape index (κ2) is 17.7. The van der Waals surface area contributed by atoms with Crippen LogP contribution in [0.5, 0.6) is 0 Å². The number of nitrogens with zero attached hydrogens (tertiary/aromatic N) is 1. The van der Waals surface area contributed by atoms with E-state index < -0.39 is 0 Å². The molecule has 0 heterocycles. The summed E-state index contributed by atoms with van der Waals surface area (Å²) in [5, 5.41) is 9.00. The molecule has 3 nitrogen and oxygen atoms in total. The molecule has 0 saturated heterocycles. The molecular weight excluding hydrogens is 144 g/mol. The molecule has 0 unspecified atom stereocenters. The van der Waals surface area contributed by atoms with E-state index in [2.05, 4.69) is 0 Å². The third-order valence-corrected chi connectivity index (χ3v) is 0. The Bertz CT molecular complexity index is 17.1. The van der Waals surface area contributed by atoms with E-state index in [1.807, 2.05) is 0 Å². The molecule has 0 atom stereocenters. The maximum Gasteiger partial charge on any atom is 1.00 e. The van der Waals surface area contributed by atoms with Crippen LogP contribution in [0.25, 0.3) is 0 Å². The molecule has 0 fully saturated rings. The molecule has 0 aliphatic carbocycles. The molecule has 0 radical (unpaired) electrons. The Kier molecular flexibility index (Phi) is 56.8. The van der Waals surface area contributed by atoms with Gasteiger partial charge in [-0.25, -0.2) is 0 Å². The van der Waals surface area contributed by atoms with E-state index in [0.29, 0.717) is 0 Å². The number of rotatable bonds is 0. The van der Waals surface area contributed by atoms with Gasteiger partial charge in [0.05, 0.1) is 0 Å². The zero-order chi connectivity index (χ0) is 2.71. The SMILES string of the molecule is O=N[O-].[K+].[Ni]. The molecule has 5 heteroatoms. The molecule has 0 aromatic heterocycles. The van der Waals surface area contributed by atoms with Gasteiger partial charge >= 0.3 is 51.4 Å². The summed E-state index contributed by atoms with van der Waals surface area (Å²) in [6, 6.07) is 0. The van der Waals surface area contributed by atoms with Gasteiger partial charge in [0.25, 0.3) is 0 Å². The quantitative estimate of drug-likeness (QED) is 0.210. The van der Waals surface area contributed by atoms with Crippen molar-refractivity contribution in [2.24, 2.45) is 5.34 Å². The Morgan fingerprint density at radius 1 is 1.60 bits per heavy atom. The zero-order valence-electron chi connectivity index (χ0n) is 2.58. The first-order valence-electron chi connectivity index (χ1n) is 0.365. The van der Waals surface area contributed by atoms with Gasteiger partial charge in [-0.1, -0.05) is 0 Å². The van der Waals surface area contributed by atoms with E-state index >= 15 is 0 Å². The van der Waals surface area contributed by atoms with E-state index in [9.17, 15) is 0 Å². The van der Waals surface area contributed by atoms with Crippen molar-refractivity contribution < 1.29 is 67.9 Å². The second-order valence-electron chi connectivity index (χ2n) is 0.0745. The molecule has 0 aliphatic rings. The maximum absolute atomic E-state index is 8.00. The van der Waals surface area contributed by atoms with Crippen LogP contribution in [-0.4, -0.2) is 0 Å². The Morgan fingerprint density at radius 2 is 1.60 bits per heavy atom. The van der Waals surface area contributed by atoms with Crippen LogP contribution >= 0.6 is 0 Å². The van der Waals surface area contributed by atoms with Crippen LogP contribution in [0.1, 0.15) is 0 Å². The van der Waals surface area contributed by atoms with Gasteiger partial charge in [0, 0.05) is 16.5 Å². The van der Waals surface area contributed by atoms with Crippen LogP contribution in [0.15, 0.2) is 5.34 Å². The monoisotopic (exact) mass is 143 g/mol. The first-order valence-corrected chi connectivity index (χ1v) is 0.365.